The molecule has 0 saturated heterocycles. The van der Waals surface area contributed by atoms with Crippen LogP contribution in [0.25, 0.3) is 0 Å². The van der Waals surface area contributed by atoms with Crippen molar-refractivity contribution in [1.29, 1.82) is 0 Å². The Morgan fingerprint density at radius 3 is 2.36 bits per heavy atom. The fourth-order valence-corrected chi connectivity index (χ4v) is 2.17. The molecule has 1 aromatic rings. The van der Waals surface area contributed by atoms with Crippen LogP contribution in [0.5, 0.6) is 5.88 Å². The molecule has 5 nitrogen and oxygen atoms in total. The van der Waals surface area contributed by atoms with Gasteiger partial charge in [0.1, 0.15) is 11.6 Å². The highest BCUT2D eigenvalue weighted by Crippen LogP contribution is 2.23. The van der Waals surface area contributed by atoms with E-state index in [1.807, 2.05) is 6.07 Å². The van der Waals surface area contributed by atoms with Crippen LogP contribution in [0.15, 0.2) is 6.07 Å². The predicted octanol–water partition coefficient (Wildman–Crippen LogP) is 3.32. The molecule has 0 aromatic carbocycles. The summed E-state index contributed by atoms with van der Waals surface area (Å²) in [7, 11) is 1.64. The first-order valence-electron chi connectivity index (χ1n) is 8.30. The molecule has 0 aliphatic rings. The quantitative estimate of drug-likeness (QED) is 0.709. The summed E-state index contributed by atoms with van der Waals surface area (Å²) in [5, 5.41) is 3.39. The highest BCUT2D eigenvalue weighted by atomic mass is 16.5. The Bertz CT molecular complexity index is 439. The fraction of sp³-hybridized carbons (Fsp3) is 0.765. The van der Waals surface area contributed by atoms with Crippen molar-refractivity contribution in [1.82, 2.24) is 14.9 Å². The van der Waals surface area contributed by atoms with Gasteiger partial charge in [-0.25, -0.2) is 4.98 Å². The fourth-order valence-electron chi connectivity index (χ4n) is 2.17. The minimum absolute atomic E-state index is 0.0896. The predicted molar refractivity (Wildman–Crippen MR) is 92.8 cm³/mol. The number of nitrogens with one attached hydrogen (secondary N) is 1. The zero-order chi connectivity index (χ0) is 16.6. The number of nitrogens with zero attached hydrogens (tertiary/aromatic N) is 3. The van der Waals surface area contributed by atoms with Crippen molar-refractivity contribution in [3.05, 3.63) is 11.9 Å². The Kier molecular flexibility index (Phi) is 7.59. The molecule has 0 radical (unpaired) electrons. The van der Waals surface area contributed by atoms with Gasteiger partial charge in [-0.3, -0.25) is 0 Å². The molecule has 1 rings (SSSR count). The van der Waals surface area contributed by atoms with Crippen molar-refractivity contribution in [3.8, 4) is 5.88 Å². The second kappa shape index (κ2) is 8.93. The van der Waals surface area contributed by atoms with E-state index in [1.165, 1.54) is 6.42 Å². The largest absolute Gasteiger partial charge is 0.481 e. The molecular weight excluding hydrogens is 276 g/mol. The van der Waals surface area contributed by atoms with Gasteiger partial charge in [0, 0.05) is 18.0 Å². The lowest BCUT2D eigenvalue weighted by molar-refractivity contribution is 0.298. The molecule has 0 fully saturated rings. The van der Waals surface area contributed by atoms with Gasteiger partial charge < -0.3 is 15.0 Å². The number of hydrogen-bond acceptors (Lipinski definition) is 5. The van der Waals surface area contributed by atoms with Crippen LogP contribution < -0.4 is 10.1 Å². The van der Waals surface area contributed by atoms with E-state index in [0.29, 0.717) is 5.88 Å². The van der Waals surface area contributed by atoms with Crippen molar-refractivity contribution in [2.75, 3.05) is 38.6 Å². The molecule has 0 aliphatic carbocycles. The number of rotatable bonds is 9. The Balaban J connectivity index is 2.52. The van der Waals surface area contributed by atoms with Gasteiger partial charge in [-0.2, -0.15) is 4.98 Å². The van der Waals surface area contributed by atoms with E-state index < -0.39 is 0 Å². The van der Waals surface area contributed by atoms with Crippen LogP contribution in [-0.2, 0) is 5.41 Å². The molecule has 0 saturated carbocycles. The van der Waals surface area contributed by atoms with E-state index in [2.05, 4.69) is 54.8 Å². The number of anilines is 1. The number of hydrogen-bond donors (Lipinski definition) is 1. The molecule has 1 heterocycles. The maximum absolute atomic E-state index is 5.28. The van der Waals surface area contributed by atoms with E-state index >= 15 is 0 Å². The molecule has 0 unspecified atom stereocenters. The normalized spacial score (nSPS) is 11.8. The first kappa shape index (κ1) is 18.7. The van der Waals surface area contributed by atoms with Crippen LogP contribution in [0.3, 0.4) is 0 Å². The van der Waals surface area contributed by atoms with Gasteiger partial charge in [-0.15, -0.1) is 0 Å². The van der Waals surface area contributed by atoms with E-state index in [-0.39, 0.29) is 5.41 Å². The van der Waals surface area contributed by atoms with E-state index in [1.54, 1.807) is 7.11 Å². The first-order chi connectivity index (χ1) is 10.4. The van der Waals surface area contributed by atoms with E-state index in [0.717, 1.165) is 44.2 Å². The van der Waals surface area contributed by atoms with Crippen molar-refractivity contribution in [2.24, 2.45) is 0 Å². The number of unbranched alkanes of at least 4 members (excludes halogenated alkanes) is 1. The lowest BCUT2D eigenvalue weighted by atomic mass is 9.96. The summed E-state index contributed by atoms with van der Waals surface area (Å²) >= 11 is 0. The highest BCUT2D eigenvalue weighted by molar-refractivity contribution is 5.39. The molecular formula is C17H32N4O. The molecule has 0 aliphatic heterocycles. The lowest BCUT2D eigenvalue weighted by Gasteiger charge is -2.19. The molecule has 1 N–H and O–H groups in total. The maximum Gasteiger partial charge on any atom is 0.218 e. The van der Waals surface area contributed by atoms with Crippen LogP contribution in [0.4, 0.5) is 5.82 Å². The van der Waals surface area contributed by atoms with Crippen molar-refractivity contribution < 1.29 is 4.74 Å². The monoisotopic (exact) mass is 308 g/mol. The molecule has 0 atom stereocenters. The highest BCUT2D eigenvalue weighted by Gasteiger charge is 2.19. The standard InChI is InChI=1S/C17H32N4O/c1-7-21(8-2)12-10-9-11-18-14-13-15(22-6)20-16(19-14)17(3,4)5/h13H,7-12H2,1-6H3,(H,18,19,20). The summed E-state index contributed by atoms with van der Waals surface area (Å²) < 4.78 is 5.28. The van der Waals surface area contributed by atoms with E-state index in [4.69, 9.17) is 4.74 Å². The Morgan fingerprint density at radius 1 is 1.14 bits per heavy atom. The Labute approximate surface area is 135 Å². The molecule has 0 amide bonds. The molecule has 1 aromatic heterocycles. The van der Waals surface area contributed by atoms with Crippen LogP contribution >= 0.6 is 0 Å². The third-order valence-electron chi connectivity index (χ3n) is 3.68. The van der Waals surface area contributed by atoms with E-state index in [9.17, 15) is 0 Å². The molecule has 5 heteroatoms. The van der Waals surface area contributed by atoms with Gasteiger partial charge >= 0.3 is 0 Å². The van der Waals surface area contributed by atoms with Crippen LogP contribution in [-0.4, -0.2) is 48.2 Å². The number of ether oxygens (including phenoxy) is 1. The zero-order valence-corrected chi connectivity index (χ0v) is 15.1. The van der Waals surface area contributed by atoms with Gasteiger partial charge in [0.2, 0.25) is 5.88 Å². The van der Waals surface area contributed by atoms with Crippen LogP contribution in [0.1, 0.15) is 53.3 Å². The number of methoxy groups -OCH3 is 1. The minimum Gasteiger partial charge on any atom is -0.481 e. The van der Waals surface area contributed by atoms with Crippen LogP contribution in [0.2, 0.25) is 0 Å². The summed E-state index contributed by atoms with van der Waals surface area (Å²) in [4.78, 5) is 11.5. The SMILES string of the molecule is CCN(CC)CCCCNc1cc(OC)nc(C(C)(C)C)n1. The Morgan fingerprint density at radius 2 is 1.82 bits per heavy atom. The summed E-state index contributed by atoms with van der Waals surface area (Å²) in [6, 6.07) is 1.86. The summed E-state index contributed by atoms with van der Waals surface area (Å²) in [6.45, 7) is 15.1. The summed E-state index contributed by atoms with van der Waals surface area (Å²) in [6.07, 6.45) is 2.33. The van der Waals surface area contributed by atoms with Gasteiger partial charge in [0.05, 0.1) is 7.11 Å². The minimum atomic E-state index is -0.0896. The summed E-state index contributed by atoms with van der Waals surface area (Å²) in [5.41, 5.74) is -0.0896. The third kappa shape index (κ3) is 6.18. The molecule has 0 bridgehead atoms. The first-order valence-corrected chi connectivity index (χ1v) is 8.30. The molecule has 22 heavy (non-hydrogen) atoms. The van der Waals surface area contributed by atoms with Crippen molar-refractivity contribution in [2.45, 2.75) is 52.9 Å². The average Bonchev–Trinajstić information content (AvgIpc) is 2.49. The average molecular weight is 308 g/mol. The second-order valence-corrected chi connectivity index (χ2v) is 6.53. The molecule has 126 valence electrons. The van der Waals surface area contributed by atoms with Crippen molar-refractivity contribution >= 4 is 5.82 Å². The smallest absolute Gasteiger partial charge is 0.218 e. The Hall–Kier alpha value is -1.36. The molecule has 0 spiro atoms. The number of aromatic nitrogens is 2. The van der Waals surface area contributed by atoms with Gasteiger partial charge in [-0.05, 0) is 32.5 Å². The van der Waals surface area contributed by atoms with Gasteiger partial charge in [0.15, 0.2) is 0 Å². The zero-order valence-electron chi connectivity index (χ0n) is 15.1. The lowest BCUT2D eigenvalue weighted by Crippen LogP contribution is -2.24. The van der Waals surface area contributed by atoms with Gasteiger partial charge in [-0.1, -0.05) is 34.6 Å². The van der Waals surface area contributed by atoms with Gasteiger partial charge in [0.25, 0.3) is 0 Å². The summed E-state index contributed by atoms with van der Waals surface area (Å²) in [5.74, 6) is 2.27. The second-order valence-electron chi connectivity index (χ2n) is 6.53. The topological polar surface area (TPSA) is 50.3 Å². The third-order valence-corrected chi connectivity index (χ3v) is 3.68. The maximum atomic E-state index is 5.28. The van der Waals surface area contributed by atoms with Crippen molar-refractivity contribution in [3.63, 3.8) is 0 Å². The van der Waals surface area contributed by atoms with Crippen LogP contribution in [0, 0.1) is 0 Å².